The van der Waals surface area contributed by atoms with Crippen LogP contribution >= 0.6 is 23.2 Å². The lowest BCUT2D eigenvalue weighted by Crippen LogP contribution is -2.30. The van der Waals surface area contributed by atoms with E-state index in [1.807, 2.05) is 25.1 Å². The molecule has 0 heterocycles. The van der Waals surface area contributed by atoms with Gasteiger partial charge in [-0.3, -0.25) is 9.52 Å². The highest BCUT2D eigenvalue weighted by Crippen LogP contribution is 2.25. The van der Waals surface area contributed by atoms with E-state index in [1.54, 1.807) is 13.0 Å². The molecule has 9 heteroatoms. The maximum absolute atomic E-state index is 12.6. The summed E-state index contributed by atoms with van der Waals surface area (Å²) in [5.41, 5.74) is 1.61. The number of aryl methyl sites for hydroxylation is 1. The number of amides is 1. The predicted octanol–water partition coefficient (Wildman–Crippen LogP) is 5.51. The molecule has 0 saturated carbocycles. The third-order valence-corrected chi connectivity index (χ3v) is 6.15. The van der Waals surface area contributed by atoms with Gasteiger partial charge in [0.2, 0.25) is 0 Å². The molecule has 0 aliphatic rings. The average molecular weight is 479 g/mol. The van der Waals surface area contributed by atoms with Crippen LogP contribution in [0.5, 0.6) is 5.75 Å². The Balaban J connectivity index is 1.66. The van der Waals surface area contributed by atoms with Gasteiger partial charge >= 0.3 is 0 Å². The second-order valence-electron chi connectivity index (χ2n) is 6.80. The van der Waals surface area contributed by atoms with Gasteiger partial charge in [0.25, 0.3) is 15.9 Å². The molecule has 3 rings (SSSR count). The molecular weight excluding hydrogens is 459 g/mol. The fourth-order valence-corrected chi connectivity index (χ4v) is 4.29. The van der Waals surface area contributed by atoms with E-state index in [0.29, 0.717) is 21.5 Å². The Kier molecular flexibility index (Phi) is 7.10. The lowest BCUT2D eigenvalue weighted by Gasteiger charge is -2.16. The van der Waals surface area contributed by atoms with Gasteiger partial charge in [-0.1, -0.05) is 41.4 Å². The summed E-state index contributed by atoms with van der Waals surface area (Å²) in [6.45, 7) is 3.53. The number of sulfonamides is 1. The average Bonchev–Trinajstić information content (AvgIpc) is 2.69. The zero-order chi connectivity index (χ0) is 22.6. The first kappa shape index (κ1) is 22.9. The molecule has 0 aliphatic heterocycles. The Morgan fingerprint density at radius 1 is 0.935 bits per heavy atom. The highest BCUT2D eigenvalue weighted by molar-refractivity contribution is 7.92. The van der Waals surface area contributed by atoms with E-state index in [0.717, 1.165) is 5.56 Å². The van der Waals surface area contributed by atoms with Crippen LogP contribution in [0, 0.1) is 6.92 Å². The van der Waals surface area contributed by atoms with Crippen LogP contribution in [0.3, 0.4) is 0 Å². The molecule has 0 spiro atoms. The summed E-state index contributed by atoms with van der Waals surface area (Å²) in [5.74, 6) is 0.268. The van der Waals surface area contributed by atoms with Gasteiger partial charge in [0, 0.05) is 15.7 Å². The summed E-state index contributed by atoms with van der Waals surface area (Å²) < 4.78 is 33.3. The van der Waals surface area contributed by atoms with Crippen LogP contribution in [0.1, 0.15) is 12.5 Å². The largest absolute Gasteiger partial charge is 0.481 e. The van der Waals surface area contributed by atoms with Crippen molar-refractivity contribution >= 4 is 50.5 Å². The molecule has 0 unspecified atom stereocenters. The number of ether oxygens (including phenoxy) is 1. The van der Waals surface area contributed by atoms with Crippen molar-refractivity contribution in [3.8, 4) is 5.75 Å². The first-order valence-electron chi connectivity index (χ1n) is 9.26. The summed E-state index contributed by atoms with van der Waals surface area (Å²) in [7, 11) is -3.86. The van der Waals surface area contributed by atoms with Crippen LogP contribution in [0.4, 0.5) is 11.4 Å². The van der Waals surface area contributed by atoms with Gasteiger partial charge in [0.1, 0.15) is 5.75 Å². The SMILES string of the molecule is Cc1ccccc1O[C@@H](C)C(=O)Nc1ccc(S(=O)(=O)Nc2cc(Cl)cc(Cl)c2)cc1. The van der Waals surface area contributed by atoms with Crippen molar-refractivity contribution in [3.05, 3.63) is 82.3 Å². The molecular formula is C22H20Cl2N2O4S. The number of para-hydroxylation sites is 1. The van der Waals surface area contributed by atoms with Crippen LogP contribution in [-0.2, 0) is 14.8 Å². The third-order valence-electron chi connectivity index (χ3n) is 4.31. The lowest BCUT2D eigenvalue weighted by molar-refractivity contribution is -0.122. The smallest absolute Gasteiger partial charge is 0.265 e. The van der Waals surface area contributed by atoms with E-state index < -0.39 is 16.1 Å². The Morgan fingerprint density at radius 3 is 2.16 bits per heavy atom. The zero-order valence-corrected chi connectivity index (χ0v) is 19.1. The lowest BCUT2D eigenvalue weighted by atomic mass is 10.2. The van der Waals surface area contributed by atoms with Gasteiger partial charge in [-0.05, 0) is 67.9 Å². The number of nitrogens with one attached hydrogen (secondary N) is 2. The quantitative estimate of drug-likeness (QED) is 0.468. The van der Waals surface area contributed by atoms with Crippen LogP contribution in [0.2, 0.25) is 10.0 Å². The molecule has 0 radical (unpaired) electrons. The Hall–Kier alpha value is -2.74. The van der Waals surface area contributed by atoms with Gasteiger partial charge in [-0.2, -0.15) is 0 Å². The number of hydrogen-bond acceptors (Lipinski definition) is 4. The van der Waals surface area contributed by atoms with Gasteiger partial charge in [-0.15, -0.1) is 0 Å². The van der Waals surface area contributed by atoms with Crippen molar-refractivity contribution in [3.63, 3.8) is 0 Å². The summed E-state index contributed by atoms with van der Waals surface area (Å²) in [6, 6.07) is 17.6. The summed E-state index contributed by atoms with van der Waals surface area (Å²) in [6.07, 6.45) is -0.737. The van der Waals surface area contributed by atoms with Crippen molar-refractivity contribution in [1.29, 1.82) is 0 Å². The van der Waals surface area contributed by atoms with Gasteiger partial charge in [0.05, 0.1) is 10.6 Å². The monoisotopic (exact) mass is 478 g/mol. The van der Waals surface area contributed by atoms with Gasteiger partial charge in [-0.25, -0.2) is 8.42 Å². The van der Waals surface area contributed by atoms with E-state index in [4.69, 9.17) is 27.9 Å². The Labute approximate surface area is 191 Å². The summed E-state index contributed by atoms with van der Waals surface area (Å²) >= 11 is 11.8. The summed E-state index contributed by atoms with van der Waals surface area (Å²) in [4.78, 5) is 12.4. The Morgan fingerprint density at radius 2 is 1.55 bits per heavy atom. The van der Waals surface area contributed by atoms with Gasteiger partial charge in [0.15, 0.2) is 6.10 Å². The van der Waals surface area contributed by atoms with E-state index in [-0.39, 0.29) is 16.5 Å². The van der Waals surface area contributed by atoms with Crippen LogP contribution in [0.15, 0.2) is 71.6 Å². The van der Waals surface area contributed by atoms with Crippen LogP contribution in [-0.4, -0.2) is 20.4 Å². The van der Waals surface area contributed by atoms with Crippen LogP contribution in [0.25, 0.3) is 0 Å². The minimum Gasteiger partial charge on any atom is -0.481 e. The standard InChI is InChI=1S/C22H20Cl2N2O4S/c1-14-5-3-4-6-21(14)30-15(2)22(27)25-18-7-9-20(10-8-18)31(28,29)26-19-12-16(23)11-17(24)13-19/h3-13,15,26H,1-2H3,(H,25,27)/t15-/m0/s1. The molecule has 1 atom stereocenters. The van der Waals surface area contributed by atoms with E-state index in [9.17, 15) is 13.2 Å². The molecule has 3 aromatic carbocycles. The first-order valence-corrected chi connectivity index (χ1v) is 11.5. The maximum atomic E-state index is 12.6. The number of benzene rings is 3. The number of rotatable bonds is 7. The molecule has 0 saturated heterocycles. The van der Waals surface area contributed by atoms with Crippen molar-refractivity contribution in [2.45, 2.75) is 24.8 Å². The first-order chi connectivity index (χ1) is 14.6. The normalized spacial score (nSPS) is 12.1. The third kappa shape index (κ3) is 6.13. The fourth-order valence-electron chi connectivity index (χ4n) is 2.72. The Bertz CT molecular complexity index is 1180. The molecule has 3 aromatic rings. The topological polar surface area (TPSA) is 84.5 Å². The molecule has 31 heavy (non-hydrogen) atoms. The van der Waals surface area contributed by atoms with Crippen LogP contribution < -0.4 is 14.8 Å². The fraction of sp³-hybridized carbons (Fsp3) is 0.136. The second-order valence-corrected chi connectivity index (χ2v) is 9.36. The maximum Gasteiger partial charge on any atom is 0.265 e. The molecule has 0 bridgehead atoms. The number of anilines is 2. The molecule has 0 fully saturated rings. The van der Waals surface area contributed by atoms with Crippen molar-refractivity contribution in [1.82, 2.24) is 0 Å². The second kappa shape index (κ2) is 9.60. The number of halogens is 2. The molecule has 1 amide bonds. The van der Waals surface area contributed by atoms with Crippen molar-refractivity contribution < 1.29 is 17.9 Å². The summed E-state index contributed by atoms with van der Waals surface area (Å²) in [5, 5.41) is 3.33. The molecule has 0 aromatic heterocycles. The molecule has 162 valence electrons. The highest BCUT2D eigenvalue weighted by Gasteiger charge is 2.18. The molecule has 2 N–H and O–H groups in total. The minimum atomic E-state index is -3.86. The van der Waals surface area contributed by atoms with E-state index in [2.05, 4.69) is 10.0 Å². The van der Waals surface area contributed by atoms with Crippen molar-refractivity contribution in [2.24, 2.45) is 0 Å². The number of carbonyl (C=O) groups is 1. The molecule has 6 nitrogen and oxygen atoms in total. The van der Waals surface area contributed by atoms with Crippen molar-refractivity contribution in [2.75, 3.05) is 10.0 Å². The number of carbonyl (C=O) groups excluding carboxylic acids is 1. The minimum absolute atomic E-state index is 0.0193. The highest BCUT2D eigenvalue weighted by atomic mass is 35.5. The van der Waals surface area contributed by atoms with E-state index in [1.165, 1.54) is 42.5 Å². The molecule has 0 aliphatic carbocycles. The number of hydrogen-bond donors (Lipinski definition) is 2. The zero-order valence-electron chi connectivity index (χ0n) is 16.7. The predicted molar refractivity (Wildman–Crippen MR) is 124 cm³/mol. The van der Waals surface area contributed by atoms with E-state index >= 15 is 0 Å². The van der Waals surface area contributed by atoms with Gasteiger partial charge < -0.3 is 10.1 Å².